The zero-order valence-corrected chi connectivity index (χ0v) is 10.9. The average molecular weight is 292 g/mol. The van der Waals surface area contributed by atoms with Crippen molar-refractivity contribution in [1.82, 2.24) is 0 Å². The Kier molecular flexibility index (Phi) is 4.00. The Balaban J connectivity index is 3.69. The first-order chi connectivity index (χ1) is 9.04. The average Bonchev–Trinajstić information content (AvgIpc) is 2.35. The van der Waals surface area contributed by atoms with E-state index < -0.39 is 34.9 Å². The van der Waals surface area contributed by atoms with Crippen molar-refractivity contribution < 1.29 is 27.5 Å². The molecule has 1 aliphatic carbocycles. The fourth-order valence-corrected chi connectivity index (χ4v) is 2.43. The molecule has 0 fully saturated rings. The molecule has 0 aliphatic heterocycles. The lowest BCUT2D eigenvalue weighted by Gasteiger charge is -2.48. The molecule has 0 aromatic rings. The van der Waals surface area contributed by atoms with Gasteiger partial charge in [0.15, 0.2) is 5.60 Å². The van der Waals surface area contributed by atoms with E-state index in [1.54, 1.807) is 0 Å². The Labute approximate surface area is 113 Å². The number of nitrogens with two attached hydrogens (primary N) is 2. The molecule has 0 radical (unpaired) electrons. The summed E-state index contributed by atoms with van der Waals surface area (Å²) in [6, 6.07) is 0. The summed E-state index contributed by atoms with van der Waals surface area (Å²) in [5, 5.41) is 0. The van der Waals surface area contributed by atoms with E-state index in [0.717, 1.165) is 26.2 Å². The highest BCUT2D eigenvalue weighted by molar-refractivity contribution is 5.88. The normalized spacial score (nSPS) is 28.9. The molecule has 3 unspecified atom stereocenters. The Bertz CT molecular complexity index is 487. The van der Waals surface area contributed by atoms with Crippen LogP contribution in [0.15, 0.2) is 24.3 Å². The van der Waals surface area contributed by atoms with Crippen LogP contribution in [0, 0.1) is 11.3 Å². The molecule has 8 heteroatoms. The molecule has 1 aliphatic rings. The van der Waals surface area contributed by atoms with E-state index in [-0.39, 0.29) is 0 Å². The van der Waals surface area contributed by atoms with Crippen molar-refractivity contribution in [3.05, 3.63) is 24.3 Å². The van der Waals surface area contributed by atoms with Crippen molar-refractivity contribution in [3.63, 3.8) is 0 Å². The van der Waals surface area contributed by atoms with Crippen LogP contribution in [-0.4, -0.2) is 30.7 Å². The zero-order chi connectivity index (χ0) is 15.8. The Morgan fingerprint density at radius 1 is 1.25 bits per heavy atom. The minimum absolute atomic E-state index is 0.691. The summed E-state index contributed by atoms with van der Waals surface area (Å²) in [7, 11) is 0.919. The number of methoxy groups -OCH3 is 1. The predicted octanol–water partition coefficient (Wildman–Crippen LogP) is 0.653. The number of halogens is 3. The molecule has 2 amide bonds. The van der Waals surface area contributed by atoms with E-state index in [1.807, 2.05) is 0 Å². The van der Waals surface area contributed by atoms with Crippen LogP contribution in [0.3, 0.4) is 0 Å². The molecular weight excluding hydrogens is 277 g/mol. The van der Waals surface area contributed by atoms with Gasteiger partial charge in [0.05, 0.1) is 5.92 Å². The maximum atomic E-state index is 13.7. The number of rotatable bonds is 4. The molecule has 20 heavy (non-hydrogen) atoms. The van der Waals surface area contributed by atoms with Crippen LogP contribution >= 0.6 is 0 Å². The van der Waals surface area contributed by atoms with Crippen molar-refractivity contribution in [2.75, 3.05) is 7.11 Å². The van der Waals surface area contributed by atoms with Gasteiger partial charge in [-0.2, -0.15) is 13.2 Å². The molecule has 0 saturated carbocycles. The first-order valence-electron chi connectivity index (χ1n) is 5.61. The largest absolute Gasteiger partial charge is 0.402 e. The Morgan fingerprint density at radius 2 is 1.80 bits per heavy atom. The number of ether oxygens (including phenoxy) is 1. The standard InChI is InChI=1S/C12H15F3N2O3/c1-10(20-2,9(17)19)11(12(13,14)15)6-4-3-5-7(11)8(16)18/h3-7H,1-2H3,(H2,16,18)(H2,17,19). The van der Waals surface area contributed by atoms with Crippen LogP contribution in [0.5, 0.6) is 0 Å². The summed E-state index contributed by atoms with van der Waals surface area (Å²) in [4.78, 5) is 23.0. The molecule has 0 saturated heterocycles. The third kappa shape index (κ3) is 2.00. The first kappa shape index (κ1) is 16.2. The maximum absolute atomic E-state index is 13.7. The quantitative estimate of drug-likeness (QED) is 0.796. The van der Waals surface area contributed by atoms with Crippen molar-refractivity contribution in [2.45, 2.75) is 18.7 Å². The molecule has 1 rings (SSSR count). The van der Waals surface area contributed by atoms with Crippen LogP contribution in [0.2, 0.25) is 0 Å². The number of hydrogen-bond acceptors (Lipinski definition) is 3. The first-order valence-corrected chi connectivity index (χ1v) is 5.61. The van der Waals surface area contributed by atoms with Gasteiger partial charge < -0.3 is 16.2 Å². The van der Waals surface area contributed by atoms with E-state index in [0.29, 0.717) is 6.08 Å². The van der Waals surface area contributed by atoms with Crippen LogP contribution in [0.25, 0.3) is 0 Å². The molecule has 0 aromatic heterocycles. The molecule has 3 atom stereocenters. The zero-order valence-electron chi connectivity index (χ0n) is 10.9. The van der Waals surface area contributed by atoms with Crippen molar-refractivity contribution in [2.24, 2.45) is 22.8 Å². The third-order valence-corrected chi connectivity index (χ3v) is 3.71. The number of carbonyl (C=O) groups excluding carboxylic acids is 2. The molecule has 0 heterocycles. The van der Waals surface area contributed by atoms with Crippen molar-refractivity contribution >= 4 is 11.8 Å². The highest BCUT2D eigenvalue weighted by atomic mass is 19.4. The SMILES string of the molecule is COC(C)(C(N)=O)C1(C(F)(F)F)C=CC=CC1C(N)=O. The minimum atomic E-state index is -4.98. The Morgan fingerprint density at radius 3 is 2.15 bits per heavy atom. The lowest BCUT2D eigenvalue weighted by Crippen LogP contribution is -2.66. The summed E-state index contributed by atoms with van der Waals surface area (Å²) in [5.41, 5.74) is 4.70. The summed E-state index contributed by atoms with van der Waals surface area (Å²) < 4.78 is 45.8. The van der Waals surface area contributed by atoms with E-state index >= 15 is 0 Å². The van der Waals surface area contributed by atoms with Crippen LogP contribution in [0.4, 0.5) is 13.2 Å². The van der Waals surface area contributed by atoms with Gasteiger partial charge in [-0.25, -0.2) is 0 Å². The number of allylic oxidation sites excluding steroid dienone is 2. The minimum Gasteiger partial charge on any atom is -0.369 e. The van der Waals surface area contributed by atoms with E-state index in [9.17, 15) is 22.8 Å². The molecule has 112 valence electrons. The smallest absolute Gasteiger partial charge is 0.369 e. The topological polar surface area (TPSA) is 95.4 Å². The van der Waals surface area contributed by atoms with Crippen LogP contribution in [0.1, 0.15) is 6.92 Å². The van der Waals surface area contributed by atoms with Crippen LogP contribution in [-0.2, 0) is 14.3 Å². The summed E-state index contributed by atoms with van der Waals surface area (Å²) in [6.45, 7) is 0.891. The lowest BCUT2D eigenvalue weighted by molar-refractivity contribution is -0.271. The summed E-state index contributed by atoms with van der Waals surface area (Å²) in [6.07, 6.45) is -0.982. The summed E-state index contributed by atoms with van der Waals surface area (Å²) in [5.74, 6) is -4.37. The van der Waals surface area contributed by atoms with Gasteiger partial charge in [0.2, 0.25) is 5.91 Å². The second kappa shape index (κ2) is 4.93. The van der Waals surface area contributed by atoms with Crippen molar-refractivity contribution in [1.29, 1.82) is 0 Å². The predicted molar refractivity (Wildman–Crippen MR) is 64.1 cm³/mol. The highest BCUT2D eigenvalue weighted by Gasteiger charge is 2.71. The number of carbonyl (C=O) groups is 2. The van der Waals surface area contributed by atoms with Gasteiger partial charge in [0, 0.05) is 7.11 Å². The molecule has 0 spiro atoms. The third-order valence-electron chi connectivity index (χ3n) is 3.71. The van der Waals surface area contributed by atoms with E-state index in [2.05, 4.69) is 0 Å². The van der Waals surface area contributed by atoms with Crippen LogP contribution < -0.4 is 11.5 Å². The molecule has 5 nitrogen and oxygen atoms in total. The van der Waals surface area contributed by atoms with E-state index in [4.69, 9.17) is 16.2 Å². The fourth-order valence-electron chi connectivity index (χ4n) is 2.43. The highest BCUT2D eigenvalue weighted by Crippen LogP contribution is 2.55. The second-order valence-corrected chi connectivity index (χ2v) is 4.59. The number of amides is 2. The van der Waals surface area contributed by atoms with Gasteiger partial charge in [-0.1, -0.05) is 24.3 Å². The summed E-state index contributed by atoms with van der Waals surface area (Å²) >= 11 is 0. The molecular formula is C12H15F3N2O3. The number of hydrogen-bond donors (Lipinski definition) is 2. The maximum Gasteiger partial charge on any atom is 0.402 e. The molecule has 0 aromatic carbocycles. The fraction of sp³-hybridized carbons (Fsp3) is 0.500. The molecule has 4 N–H and O–H groups in total. The van der Waals surface area contributed by atoms with Gasteiger partial charge in [-0.3, -0.25) is 9.59 Å². The molecule has 0 bridgehead atoms. The Hall–Kier alpha value is -1.83. The van der Waals surface area contributed by atoms with E-state index in [1.165, 1.54) is 6.08 Å². The number of primary amides is 2. The monoisotopic (exact) mass is 292 g/mol. The number of alkyl halides is 3. The van der Waals surface area contributed by atoms with Gasteiger partial charge in [-0.05, 0) is 6.92 Å². The van der Waals surface area contributed by atoms with Gasteiger partial charge in [0.25, 0.3) is 5.91 Å². The lowest BCUT2D eigenvalue weighted by atomic mass is 9.61. The van der Waals surface area contributed by atoms with Gasteiger partial charge in [0.1, 0.15) is 5.41 Å². The van der Waals surface area contributed by atoms with Crippen molar-refractivity contribution in [3.8, 4) is 0 Å². The second-order valence-electron chi connectivity index (χ2n) is 4.59. The van der Waals surface area contributed by atoms with Gasteiger partial charge in [-0.15, -0.1) is 0 Å². The van der Waals surface area contributed by atoms with Gasteiger partial charge >= 0.3 is 6.18 Å².